The Labute approximate surface area is 173 Å². The van der Waals surface area contributed by atoms with Crippen molar-refractivity contribution in [3.8, 4) is 0 Å². The number of halogens is 1. The molecule has 0 radical (unpaired) electrons. The highest BCUT2D eigenvalue weighted by molar-refractivity contribution is 7.99. The molecule has 3 aromatic rings. The summed E-state index contributed by atoms with van der Waals surface area (Å²) in [4.78, 5) is 0.862. The smallest absolute Gasteiger partial charge is 0.201 e. The van der Waals surface area contributed by atoms with Gasteiger partial charge < -0.3 is 0 Å². The molecule has 3 nitrogen and oxygen atoms in total. The van der Waals surface area contributed by atoms with E-state index in [2.05, 4.69) is 0 Å². The summed E-state index contributed by atoms with van der Waals surface area (Å²) >= 11 is 6.09. The van der Waals surface area contributed by atoms with Crippen LogP contribution < -0.4 is 0 Å². The number of sulfone groups is 1. The lowest BCUT2D eigenvalue weighted by Gasteiger charge is -2.10. The molecule has 6 heteroatoms. The van der Waals surface area contributed by atoms with Gasteiger partial charge in [-0.05, 0) is 55.8 Å². The van der Waals surface area contributed by atoms with Gasteiger partial charge in [0.2, 0.25) is 9.84 Å². The highest BCUT2D eigenvalue weighted by Gasteiger charge is 2.19. The summed E-state index contributed by atoms with van der Waals surface area (Å²) in [7, 11) is -5.49. The Morgan fingerprint density at radius 3 is 2.04 bits per heavy atom. The summed E-state index contributed by atoms with van der Waals surface area (Å²) in [5.74, 6) is 0. The molecule has 0 saturated heterocycles. The lowest BCUT2D eigenvalue weighted by atomic mass is 10.2. The minimum atomic E-state index is -3.80. The zero-order valence-corrected chi connectivity index (χ0v) is 17.8. The number of hydrogen-bond acceptors (Lipinski definition) is 3. The second-order valence-corrected chi connectivity index (χ2v) is 10.1. The molecule has 3 rings (SSSR count). The Morgan fingerprint density at radius 2 is 1.46 bits per heavy atom. The van der Waals surface area contributed by atoms with Gasteiger partial charge in [-0.15, -0.1) is 0 Å². The second-order valence-electron chi connectivity index (χ2n) is 6.43. The molecular formula is C22H19ClO3S2. The summed E-state index contributed by atoms with van der Waals surface area (Å²) in [5.41, 5.74) is 2.49. The van der Waals surface area contributed by atoms with Crippen LogP contribution in [0, 0.1) is 13.8 Å². The van der Waals surface area contributed by atoms with E-state index in [1.54, 1.807) is 60.7 Å². The maximum Gasteiger partial charge on any atom is 0.201 e. The van der Waals surface area contributed by atoms with Gasteiger partial charge in [-0.2, -0.15) is 0 Å². The van der Waals surface area contributed by atoms with E-state index in [1.165, 1.54) is 0 Å². The van der Waals surface area contributed by atoms with E-state index in [1.807, 2.05) is 26.0 Å². The molecular weight excluding hydrogens is 412 g/mol. The summed E-state index contributed by atoms with van der Waals surface area (Å²) in [6, 6.07) is 20.4. The fourth-order valence-corrected chi connectivity index (χ4v) is 5.55. The molecule has 0 aliphatic carbocycles. The molecule has 28 heavy (non-hydrogen) atoms. The lowest BCUT2D eigenvalue weighted by molar-refractivity contribution is 0.604. The standard InChI is InChI=1S/C22H19ClO3S2/c1-16-6-10-20(11-7-16)27(24)22(18-4-3-5-19(23)14-18)15-28(25,26)21-12-8-17(2)9-13-21/h3-15H,1-2H3/b22-15+. The lowest BCUT2D eigenvalue weighted by Crippen LogP contribution is -2.03. The molecule has 3 aromatic carbocycles. The molecule has 0 heterocycles. The van der Waals surface area contributed by atoms with Gasteiger partial charge >= 0.3 is 0 Å². The third-order valence-corrected chi connectivity index (χ3v) is 7.47. The van der Waals surface area contributed by atoms with Crippen LogP contribution in [0.25, 0.3) is 4.91 Å². The van der Waals surface area contributed by atoms with Crippen molar-refractivity contribution in [1.29, 1.82) is 0 Å². The van der Waals surface area contributed by atoms with Crippen molar-refractivity contribution in [1.82, 2.24) is 0 Å². The summed E-state index contributed by atoms with van der Waals surface area (Å²) < 4.78 is 39.2. The van der Waals surface area contributed by atoms with Gasteiger partial charge in [0.1, 0.15) is 0 Å². The van der Waals surface area contributed by atoms with Crippen molar-refractivity contribution >= 4 is 37.1 Å². The van der Waals surface area contributed by atoms with Crippen LogP contribution >= 0.6 is 11.6 Å². The van der Waals surface area contributed by atoms with Gasteiger partial charge in [0.25, 0.3) is 0 Å². The van der Waals surface area contributed by atoms with Gasteiger partial charge in [0.15, 0.2) is 0 Å². The van der Waals surface area contributed by atoms with Gasteiger partial charge in [0.05, 0.1) is 26.0 Å². The van der Waals surface area contributed by atoms with Gasteiger partial charge in [-0.3, -0.25) is 0 Å². The van der Waals surface area contributed by atoms with Gasteiger partial charge in [-0.25, -0.2) is 12.6 Å². The molecule has 1 unspecified atom stereocenters. The third kappa shape index (κ3) is 4.79. The van der Waals surface area contributed by atoms with Gasteiger partial charge in [-0.1, -0.05) is 59.1 Å². The highest BCUT2D eigenvalue weighted by atomic mass is 35.5. The minimum absolute atomic E-state index is 0.151. The number of hydrogen-bond donors (Lipinski definition) is 0. The minimum Gasteiger partial charge on any atom is -0.249 e. The maximum absolute atomic E-state index is 13.3. The van der Waals surface area contributed by atoms with Crippen LogP contribution in [0.2, 0.25) is 5.02 Å². The average Bonchev–Trinajstić information content (AvgIpc) is 2.66. The quantitative estimate of drug-likeness (QED) is 0.534. The van der Waals surface area contributed by atoms with Crippen LogP contribution in [0.3, 0.4) is 0 Å². The number of rotatable bonds is 5. The zero-order valence-electron chi connectivity index (χ0n) is 15.4. The molecule has 0 aromatic heterocycles. The normalized spacial score (nSPS) is 13.3. The van der Waals surface area contributed by atoms with E-state index in [9.17, 15) is 12.6 Å². The van der Waals surface area contributed by atoms with Crippen molar-refractivity contribution in [3.05, 3.63) is 99.9 Å². The van der Waals surface area contributed by atoms with Crippen molar-refractivity contribution in [2.45, 2.75) is 23.6 Å². The van der Waals surface area contributed by atoms with Crippen LogP contribution in [0.4, 0.5) is 0 Å². The van der Waals surface area contributed by atoms with Crippen molar-refractivity contribution < 1.29 is 12.6 Å². The third-order valence-electron chi connectivity index (χ3n) is 4.16. The Balaban J connectivity index is 2.15. The Hall–Kier alpha value is -2.21. The first-order chi connectivity index (χ1) is 13.3. The molecule has 0 saturated carbocycles. The fraction of sp³-hybridized carbons (Fsp3) is 0.0909. The van der Waals surface area contributed by atoms with E-state index in [0.717, 1.165) is 16.5 Å². The molecule has 0 aliphatic heterocycles. The summed E-state index contributed by atoms with van der Waals surface area (Å²) in [5, 5.41) is 1.52. The molecule has 0 spiro atoms. The topological polar surface area (TPSA) is 51.2 Å². The first kappa shape index (κ1) is 20.5. The molecule has 144 valence electrons. The molecule has 0 aliphatic rings. The predicted octanol–water partition coefficient (Wildman–Crippen LogP) is 5.54. The van der Waals surface area contributed by atoms with Crippen LogP contribution in [0.1, 0.15) is 16.7 Å². The molecule has 0 amide bonds. The first-order valence-corrected chi connectivity index (χ1v) is 11.6. The van der Waals surface area contributed by atoms with E-state index in [-0.39, 0.29) is 9.80 Å². The summed E-state index contributed by atoms with van der Waals surface area (Å²) in [6.07, 6.45) is 0. The van der Waals surface area contributed by atoms with E-state index < -0.39 is 20.6 Å². The molecule has 1 atom stereocenters. The second kappa shape index (κ2) is 8.43. The summed E-state index contributed by atoms with van der Waals surface area (Å²) in [6.45, 7) is 3.82. The van der Waals surface area contributed by atoms with Crippen molar-refractivity contribution in [2.75, 3.05) is 0 Å². The van der Waals surface area contributed by atoms with Crippen LogP contribution in [0.5, 0.6) is 0 Å². The molecule has 0 fully saturated rings. The predicted molar refractivity (Wildman–Crippen MR) is 115 cm³/mol. The number of benzene rings is 3. The first-order valence-electron chi connectivity index (χ1n) is 8.54. The highest BCUT2D eigenvalue weighted by Crippen LogP contribution is 2.29. The van der Waals surface area contributed by atoms with Crippen LogP contribution in [0.15, 0.2) is 88.0 Å². The Morgan fingerprint density at radius 1 is 0.893 bits per heavy atom. The molecule has 0 N–H and O–H groups in total. The van der Waals surface area contributed by atoms with Crippen LogP contribution in [-0.2, 0) is 20.6 Å². The molecule has 0 bridgehead atoms. The van der Waals surface area contributed by atoms with E-state index >= 15 is 0 Å². The number of aryl methyl sites for hydroxylation is 2. The van der Waals surface area contributed by atoms with Gasteiger partial charge in [0, 0.05) is 9.92 Å². The van der Waals surface area contributed by atoms with Crippen molar-refractivity contribution in [3.63, 3.8) is 0 Å². The largest absolute Gasteiger partial charge is 0.249 e. The van der Waals surface area contributed by atoms with E-state index in [4.69, 9.17) is 11.6 Å². The van der Waals surface area contributed by atoms with Crippen molar-refractivity contribution in [2.24, 2.45) is 0 Å². The average molecular weight is 431 g/mol. The van der Waals surface area contributed by atoms with Crippen LogP contribution in [-0.4, -0.2) is 12.6 Å². The SMILES string of the molecule is Cc1ccc(S(=O)/C(=C/S(=O)(=O)c2ccc(C)cc2)c2cccc(Cl)c2)cc1. The monoisotopic (exact) mass is 430 g/mol. The maximum atomic E-state index is 13.3. The Bertz CT molecular complexity index is 1150. The van der Waals surface area contributed by atoms with E-state index in [0.29, 0.717) is 15.5 Å². The fourth-order valence-electron chi connectivity index (χ4n) is 2.59. The Kier molecular flexibility index (Phi) is 6.18. The zero-order chi connectivity index (χ0) is 20.3.